The maximum absolute atomic E-state index is 12.9. The number of sulfonamides is 1. The Labute approximate surface area is 154 Å². The molecule has 1 aromatic rings. The predicted octanol–water partition coefficient (Wildman–Crippen LogP) is -0.101. The molecule has 1 fully saturated rings. The van der Waals surface area contributed by atoms with Crippen LogP contribution in [0, 0.1) is 13.8 Å². The fourth-order valence-electron chi connectivity index (χ4n) is 2.75. The van der Waals surface area contributed by atoms with Gasteiger partial charge in [-0.05, 0) is 31.0 Å². The molecule has 1 aliphatic rings. The molecule has 0 radical (unpaired) electrons. The Hall–Kier alpha value is -1.97. The molecule has 1 heterocycles. The van der Waals surface area contributed by atoms with Gasteiger partial charge in [0.2, 0.25) is 15.9 Å². The van der Waals surface area contributed by atoms with Gasteiger partial charge < -0.3 is 10.1 Å². The summed E-state index contributed by atoms with van der Waals surface area (Å²) in [6.07, 6.45) is 0. The molecule has 0 bridgehead atoms. The van der Waals surface area contributed by atoms with Gasteiger partial charge in [0.05, 0.1) is 18.6 Å². The molecule has 26 heavy (non-hydrogen) atoms. The van der Waals surface area contributed by atoms with E-state index in [1.165, 1.54) is 11.4 Å². The van der Waals surface area contributed by atoms with Crippen molar-refractivity contribution in [3.8, 4) is 0 Å². The number of rotatable bonds is 6. The van der Waals surface area contributed by atoms with Gasteiger partial charge in [0.1, 0.15) is 6.54 Å². The highest BCUT2D eigenvalue weighted by Crippen LogP contribution is 2.22. The number of aryl methyl sites for hydroxylation is 2. The number of methoxy groups -OCH3 is 1. The molecule has 1 saturated heterocycles. The van der Waals surface area contributed by atoms with Gasteiger partial charge in [0.25, 0.3) is 0 Å². The third kappa shape index (κ3) is 5.03. The normalized spacial score (nSPS) is 16.3. The summed E-state index contributed by atoms with van der Waals surface area (Å²) in [5.74, 6) is -0.802. The second-order valence-corrected chi connectivity index (χ2v) is 8.21. The van der Waals surface area contributed by atoms with E-state index in [1.54, 1.807) is 13.0 Å². The van der Waals surface area contributed by atoms with Crippen molar-refractivity contribution < 1.29 is 22.7 Å². The van der Waals surface area contributed by atoms with Gasteiger partial charge in [-0.15, -0.1) is 0 Å². The number of nitrogens with one attached hydrogen (secondary N) is 1. The number of carbonyl (C=O) groups excluding carboxylic acids is 2. The Morgan fingerprint density at radius 1 is 1.15 bits per heavy atom. The summed E-state index contributed by atoms with van der Waals surface area (Å²) >= 11 is 0. The number of hydrogen-bond acceptors (Lipinski definition) is 6. The minimum atomic E-state index is -3.55. The molecule has 0 aromatic heterocycles. The van der Waals surface area contributed by atoms with E-state index < -0.39 is 16.0 Å². The van der Waals surface area contributed by atoms with Crippen LogP contribution < -0.4 is 5.32 Å². The summed E-state index contributed by atoms with van der Waals surface area (Å²) in [6.45, 7) is 5.15. The highest BCUT2D eigenvalue weighted by molar-refractivity contribution is 7.89. The lowest BCUT2D eigenvalue weighted by Crippen LogP contribution is -2.51. The Kier molecular flexibility index (Phi) is 6.74. The van der Waals surface area contributed by atoms with Crippen LogP contribution in [0.4, 0.5) is 0 Å². The van der Waals surface area contributed by atoms with Gasteiger partial charge in [0, 0.05) is 26.2 Å². The van der Waals surface area contributed by atoms with Crippen LogP contribution in [-0.4, -0.2) is 75.9 Å². The average Bonchev–Trinajstić information content (AvgIpc) is 2.62. The number of amides is 1. The van der Waals surface area contributed by atoms with Gasteiger partial charge in [-0.25, -0.2) is 8.42 Å². The lowest BCUT2D eigenvalue weighted by molar-refractivity contribution is -0.141. The minimum absolute atomic E-state index is 0.119. The molecule has 1 aliphatic heterocycles. The molecule has 0 aliphatic carbocycles. The van der Waals surface area contributed by atoms with Crippen LogP contribution in [0.1, 0.15) is 11.1 Å². The first-order valence-electron chi connectivity index (χ1n) is 8.37. The van der Waals surface area contributed by atoms with E-state index in [2.05, 4.69) is 10.1 Å². The molecule has 0 saturated carbocycles. The molecule has 1 aromatic carbocycles. The smallest absolute Gasteiger partial charge is 0.325 e. The second-order valence-electron chi connectivity index (χ2n) is 6.30. The molecule has 2 rings (SSSR count). The molecule has 9 heteroatoms. The average molecular weight is 383 g/mol. The summed E-state index contributed by atoms with van der Waals surface area (Å²) in [6, 6.07) is 5.39. The standard InChI is InChI=1S/C17H25N3O5S/c1-13-4-5-14(2)15(10-13)26(23,24)20-8-6-19(7-9-20)12-16(21)18-11-17(22)25-3/h4-5,10H,6-9,11-12H2,1-3H3,(H,18,21). The number of hydrogen-bond donors (Lipinski definition) is 1. The first kappa shape index (κ1) is 20.3. The highest BCUT2D eigenvalue weighted by atomic mass is 32.2. The summed E-state index contributed by atoms with van der Waals surface area (Å²) < 4.78 is 31.7. The second kappa shape index (κ2) is 8.61. The van der Waals surface area contributed by atoms with E-state index in [1.807, 2.05) is 24.0 Å². The zero-order valence-electron chi connectivity index (χ0n) is 15.3. The Balaban J connectivity index is 1.92. The van der Waals surface area contributed by atoms with Crippen molar-refractivity contribution in [2.75, 3.05) is 46.4 Å². The van der Waals surface area contributed by atoms with Crippen molar-refractivity contribution in [2.45, 2.75) is 18.7 Å². The maximum atomic E-state index is 12.9. The number of esters is 1. The summed E-state index contributed by atoms with van der Waals surface area (Å²) in [4.78, 5) is 25.0. The first-order valence-corrected chi connectivity index (χ1v) is 9.81. The molecule has 0 atom stereocenters. The van der Waals surface area contributed by atoms with Crippen LogP contribution >= 0.6 is 0 Å². The number of piperazine rings is 1. The van der Waals surface area contributed by atoms with E-state index in [-0.39, 0.29) is 19.0 Å². The molecule has 0 unspecified atom stereocenters. The zero-order valence-corrected chi connectivity index (χ0v) is 16.1. The fourth-order valence-corrected chi connectivity index (χ4v) is 4.49. The monoisotopic (exact) mass is 383 g/mol. The van der Waals surface area contributed by atoms with Crippen LogP contribution in [0.5, 0.6) is 0 Å². The van der Waals surface area contributed by atoms with Crippen molar-refractivity contribution in [2.24, 2.45) is 0 Å². The largest absolute Gasteiger partial charge is 0.468 e. The third-order valence-electron chi connectivity index (χ3n) is 4.32. The van der Waals surface area contributed by atoms with Gasteiger partial charge in [-0.1, -0.05) is 12.1 Å². The van der Waals surface area contributed by atoms with Gasteiger partial charge in [-0.2, -0.15) is 4.31 Å². The number of carbonyl (C=O) groups is 2. The Morgan fingerprint density at radius 3 is 2.42 bits per heavy atom. The van der Waals surface area contributed by atoms with E-state index in [4.69, 9.17) is 0 Å². The van der Waals surface area contributed by atoms with Crippen molar-refractivity contribution in [3.63, 3.8) is 0 Å². The van der Waals surface area contributed by atoms with Gasteiger partial charge in [0.15, 0.2) is 0 Å². The number of ether oxygens (including phenoxy) is 1. The minimum Gasteiger partial charge on any atom is -0.468 e. The first-order chi connectivity index (χ1) is 12.2. The van der Waals surface area contributed by atoms with Gasteiger partial charge in [-0.3, -0.25) is 14.5 Å². The molecular formula is C17H25N3O5S. The van der Waals surface area contributed by atoms with E-state index in [9.17, 15) is 18.0 Å². The van der Waals surface area contributed by atoms with Crippen molar-refractivity contribution in [1.82, 2.24) is 14.5 Å². The molecule has 1 amide bonds. The van der Waals surface area contributed by atoms with Crippen molar-refractivity contribution >= 4 is 21.9 Å². The zero-order chi connectivity index (χ0) is 19.3. The van der Waals surface area contributed by atoms with Crippen LogP contribution in [0.3, 0.4) is 0 Å². The van der Waals surface area contributed by atoms with E-state index >= 15 is 0 Å². The Morgan fingerprint density at radius 2 is 1.81 bits per heavy atom. The molecular weight excluding hydrogens is 358 g/mol. The topological polar surface area (TPSA) is 96.0 Å². The van der Waals surface area contributed by atoms with E-state index in [0.29, 0.717) is 31.1 Å². The third-order valence-corrected chi connectivity index (χ3v) is 6.36. The van der Waals surface area contributed by atoms with Crippen molar-refractivity contribution in [3.05, 3.63) is 29.3 Å². The molecule has 1 N–H and O–H groups in total. The molecule has 144 valence electrons. The Bertz CT molecular complexity index is 771. The molecule has 0 spiro atoms. The molecule has 8 nitrogen and oxygen atoms in total. The fraction of sp³-hybridized carbons (Fsp3) is 0.529. The van der Waals surface area contributed by atoms with E-state index in [0.717, 1.165) is 11.1 Å². The number of benzene rings is 1. The summed E-state index contributed by atoms with van der Waals surface area (Å²) in [7, 11) is -2.29. The maximum Gasteiger partial charge on any atom is 0.325 e. The summed E-state index contributed by atoms with van der Waals surface area (Å²) in [5.41, 5.74) is 1.62. The highest BCUT2D eigenvalue weighted by Gasteiger charge is 2.30. The van der Waals surface area contributed by atoms with Gasteiger partial charge >= 0.3 is 5.97 Å². The quantitative estimate of drug-likeness (QED) is 0.689. The predicted molar refractivity (Wildman–Crippen MR) is 96.1 cm³/mol. The van der Waals surface area contributed by atoms with Crippen molar-refractivity contribution in [1.29, 1.82) is 0 Å². The summed E-state index contributed by atoms with van der Waals surface area (Å²) in [5, 5.41) is 2.47. The van der Waals surface area contributed by atoms with Crippen LogP contribution in [0.15, 0.2) is 23.1 Å². The van der Waals surface area contributed by atoms with Crippen LogP contribution in [0.2, 0.25) is 0 Å². The van der Waals surface area contributed by atoms with Crippen LogP contribution in [0.25, 0.3) is 0 Å². The SMILES string of the molecule is COC(=O)CNC(=O)CN1CCN(S(=O)(=O)c2cc(C)ccc2C)CC1. The number of nitrogens with zero attached hydrogens (tertiary/aromatic N) is 2. The van der Waals surface area contributed by atoms with Crippen LogP contribution in [-0.2, 0) is 24.3 Å². The lowest BCUT2D eigenvalue weighted by atomic mass is 10.2. The lowest BCUT2D eigenvalue weighted by Gasteiger charge is -2.33.